The van der Waals surface area contributed by atoms with Gasteiger partial charge in [-0.3, -0.25) is 4.79 Å². The van der Waals surface area contributed by atoms with Gasteiger partial charge in [0, 0.05) is 18.7 Å². The van der Waals surface area contributed by atoms with Crippen LogP contribution in [0, 0.1) is 0 Å². The van der Waals surface area contributed by atoms with Crippen LogP contribution in [-0.2, 0) is 19.6 Å². The number of carbonyl (C=O) groups excluding carboxylic acids is 2. The number of nitrogens with zero attached hydrogens (tertiary/aromatic N) is 1. The Morgan fingerprint density at radius 2 is 1.63 bits per heavy atom. The Bertz CT molecular complexity index is 885. The Labute approximate surface area is 178 Å². The van der Waals surface area contributed by atoms with Gasteiger partial charge in [0.25, 0.3) is 5.91 Å². The molecular weight excluding hydrogens is 408 g/mol. The number of nitrogens with one attached hydrogen (secondary N) is 1. The molecule has 9 heteroatoms. The maximum atomic E-state index is 13.3. The molecule has 1 aromatic carbocycles. The number of ether oxygens (including phenoxy) is 2. The molecule has 1 amide bonds. The molecule has 1 aliphatic carbocycles. The van der Waals surface area contributed by atoms with E-state index in [2.05, 4.69) is 5.32 Å². The van der Waals surface area contributed by atoms with E-state index in [0.29, 0.717) is 25.9 Å². The van der Waals surface area contributed by atoms with Crippen LogP contribution >= 0.6 is 0 Å². The van der Waals surface area contributed by atoms with Crippen molar-refractivity contribution in [1.82, 2.24) is 9.62 Å². The van der Waals surface area contributed by atoms with Crippen molar-refractivity contribution in [3.05, 3.63) is 23.8 Å². The van der Waals surface area contributed by atoms with Gasteiger partial charge in [-0.05, 0) is 43.9 Å². The molecule has 2 fully saturated rings. The minimum Gasteiger partial charge on any atom is -0.495 e. The first-order valence-corrected chi connectivity index (χ1v) is 11.9. The second-order valence-electron chi connectivity index (χ2n) is 7.92. The summed E-state index contributed by atoms with van der Waals surface area (Å²) in [5.41, 5.74) is -0.894. The van der Waals surface area contributed by atoms with E-state index in [1.165, 1.54) is 36.7 Å². The maximum Gasteiger partial charge on any atom is 0.331 e. The number of amides is 1. The van der Waals surface area contributed by atoms with Crippen LogP contribution < -0.4 is 10.1 Å². The molecule has 1 saturated heterocycles. The Morgan fingerprint density at radius 3 is 2.20 bits per heavy atom. The molecule has 0 atom stereocenters. The van der Waals surface area contributed by atoms with Gasteiger partial charge in [0.15, 0.2) is 0 Å². The quantitative estimate of drug-likeness (QED) is 0.685. The summed E-state index contributed by atoms with van der Waals surface area (Å²) in [6.07, 6.45) is 6.25. The molecule has 3 rings (SSSR count). The van der Waals surface area contributed by atoms with Crippen LogP contribution in [0.4, 0.5) is 0 Å². The van der Waals surface area contributed by atoms with Crippen LogP contribution in [0.15, 0.2) is 23.1 Å². The van der Waals surface area contributed by atoms with Gasteiger partial charge in [-0.25, -0.2) is 13.2 Å². The normalized spacial score (nSPS) is 19.7. The average Bonchev–Trinajstić information content (AvgIpc) is 3.05. The number of hydrogen-bond acceptors (Lipinski definition) is 6. The molecule has 166 valence electrons. The summed E-state index contributed by atoms with van der Waals surface area (Å²) in [4.78, 5) is 25.2. The lowest BCUT2D eigenvalue weighted by atomic mass is 9.97. The minimum absolute atomic E-state index is 0.0295. The number of esters is 1. The summed E-state index contributed by atoms with van der Waals surface area (Å²) in [5.74, 6) is -0.782. The van der Waals surface area contributed by atoms with Gasteiger partial charge in [-0.1, -0.05) is 25.7 Å². The lowest BCUT2D eigenvalue weighted by Gasteiger charge is -2.27. The van der Waals surface area contributed by atoms with E-state index in [9.17, 15) is 18.0 Å². The van der Waals surface area contributed by atoms with E-state index >= 15 is 0 Å². The molecule has 0 unspecified atom stereocenters. The van der Waals surface area contributed by atoms with Gasteiger partial charge in [-0.15, -0.1) is 0 Å². The first-order valence-electron chi connectivity index (χ1n) is 10.4. The molecule has 0 radical (unpaired) electrons. The molecule has 1 N–H and O–H groups in total. The van der Waals surface area contributed by atoms with Crippen molar-refractivity contribution in [3.8, 4) is 5.75 Å². The summed E-state index contributed by atoms with van der Waals surface area (Å²) in [6, 6.07) is 4.34. The van der Waals surface area contributed by atoms with Gasteiger partial charge in [0.2, 0.25) is 10.0 Å². The molecule has 8 nitrogen and oxygen atoms in total. The van der Waals surface area contributed by atoms with Crippen molar-refractivity contribution >= 4 is 21.9 Å². The molecule has 1 saturated carbocycles. The fraction of sp³-hybridized carbons (Fsp3) is 0.619. The zero-order chi connectivity index (χ0) is 21.8. The second kappa shape index (κ2) is 9.34. The van der Waals surface area contributed by atoms with Crippen LogP contribution in [0.1, 0.15) is 61.7 Å². The van der Waals surface area contributed by atoms with Gasteiger partial charge >= 0.3 is 5.97 Å². The first kappa shape index (κ1) is 22.6. The summed E-state index contributed by atoms with van der Waals surface area (Å²) >= 11 is 0. The number of methoxy groups -OCH3 is 2. The molecule has 30 heavy (non-hydrogen) atoms. The number of benzene rings is 1. The van der Waals surface area contributed by atoms with E-state index < -0.39 is 27.4 Å². The van der Waals surface area contributed by atoms with Crippen LogP contribution in [0.25, 0.3) is 0 Å². The lowest BCUT2D eigenvalue weighted by molar-refractivity contribution is -0.148. The third-order valence-corrected chi connectivity index (χ3v) is 7.91. The predicted octanol–water partition coefficient (Wildman–Crippen LogP) is 2.48. The minimum atomic E-state index is -3.81. The number of rotatable bonds is 6. The highest BCUT2D eigenvalue weighted by molar-refractivity contribution is 7.89. The molecule has 1 heterocycles. The van der Waals surface area contributed by atoms with Crippen molar-refractivity contribution in [2.24, 2.45) is 0 Å². The summed E-state index contributed by atoms with van der Waals surface area (Å²) in [6.45, 7) is 0.903. The molecule has 1 aliphatic heterocycles. The Kier molecular flexibility index (Phi) is 7.02. The highest BCUT2D eigenvalue weighted by Gasteiger charge is 2.44. The van der Waals surface area contributed by atoms with Crippen LogP contribution in [0.3, 0.4) is 0 Å². The average molecular weight is 439 g/mol. The highest BCUT2D eigenvalue weighted by atomic mass is 32.2. The fourth-order valence-electron chi connectivity index (χ4n) is 4.28. The van der Waals surface area contributed by atoms with Gasteiger partial charge in [-0.2, -0.15) is 4.31 Å². The molecule has 0 spiro atoms. The van der Waals surface area contributed by atoms with Crippen LogP contribution in [0.5, 0.6) is 5.75 Å². The van der Waals surface area contributed by atoms with E-state index in [4.69, 9.17) is 9.47 Å². The number of hydrogen-bond donors (Lipinski definition) is 1. The Balaban J connectivity index is 1.92. The van der Waals surface area contributed by atoms with Crippen molar-refractivity contribution in [2.75, 3.05) is 27.3 Å². The topological polar surface area (TPSA) is 102 Å². The molecular formula is C21H30N2O6S. The number of sulfonamides is 1. The number of carbonyl (C=O) groups is 2. The van der Waals surface area contributed by atoms with Crippen LogP contribution in [0.2, 0.25) is 0 Å². The summed E-state index contributed by atoms with van der Waals surface area (Å²) in [5, 5.41) is 2.80. The maximum absolute atomic E-state index is 13.3. The van der Waals surface area contributed by atoms with Crippen molar-refractivity contribution < 1.29 is 27.5 Å². The third kappa shape index (κ3) is 4.46. The molecule has 0 bridgehead atoms. The van der Waals surface area contributed by atoms with Crippen molar-refractivity contribution in [2.45, 2.75) is 61.8 Å². The van der Waals surface area contributed by atoms with E-state index in [1.54, 1.807) is 0 Å². The van der Waals surface area contributed by atoms with Gasteiger partial charge < -0.3 is 14.8 Å². The monoisotopic (exact) mass is 438 g/mol. The highest BCUT2D eigenvalue weighted by Crippen LogP contribution is 2.33. The molecule has 1 aromatic rings. The van der Waals surface area contributed by atoms with Gasteiger partial charge in [0.05, 0.1) is 14.2 Å². The summed E-state index contributed by atoms with van der Waals surface area (Å²) < 4.78 is 38.2. The van der Waals surface area contributed by atoms with Gasteiger partial charge in [0.1, 0.15) is 16.2 Å². The predicted molar refractivity (Wildman–Crippen MR) is 111 cm³/mol. The Hall–Kier alpha value is -2.13. The lowest BCUT2D eigenvalue weighted by Crippen LogP contribution is -2.53. The first-order chi connectivity index (χ1) is 14.3. The van der Waals surface area contributed by atoms with E-state index in [0.717, 1.165) is 38.5 Å². The SMILES string of the molecule is COC(=O)C1(NC(=O)c2ccc(OC)c(S(=O)(=O)N3CCCCCC3)c2)CCCC1. The standard InChI is InChI=1S/C21H30N2O6S/c1-28-17-10-9-16(19(24)22-21(20(25)29-2)11-5-6-12-21)15-18(17)30(26,27)23-13-7-3-4-8-14-23/h9-10,15H,3-8,11-14H2,1-2H3,(H,22,24). The van der Waals surface area contributed by atoms with E-state index in [-0.39, 0.29) is 16.2 Å². The largest absolute Gasteiger partial charge is 0.495 e. The zero-order valence-corrected chi connectivity index (χ0v) is 18.4. The second-order valence-corrected chi connectivity index (χ2v) is 9.83. The molecule has 2 aliphatic rings. The third-order valence-electron chi connectivity index (χ3n) is 5.99. The van der Waals surface area contributed by atoms with E-state index in [1.807, 2.05) is 0 Å². The van der Waals surface area contributed by atoms with Crippen molar-refractivity contribution in [3.63, 3.8) is 0 Å². The zero-order valence-electron chi connectivity index (χ0n) is 17.6. The summed E-state index contributed by atoms with van der Waals surface area (Å²) in [7, 11) is -1.11. The Morgan fingerprint density at radius 1 is 1.00 bits per heavy atom. The van der Waals surface area contributed by atoms with Crippen molar-refractivity contribution in [1.29, 1.82) is 0 Å². The smallest absolute Gasteiger partial charge is 0.331 e. The van der Waals surface area contributed by atoms with Crippen LogP contribution in [-0.4, -0.2) is 57.4 Å². The molecule has 0 aromatic heterocycles. The fourth-order valence-corrected chi connectivity index (χ4v) is 5.98.